The number of unbranched alkanes of at least 4 members (excludes halogenated alkanes) is 1. The Morgan fingerprint density at radius 3 is 2.31 bits per heavy atom. The molecule has 0 saturated carbocycles. The number of carbonyl (C=O) groups excluding carboxylic acids is 1. The van der Waals surface area contributed by atoms with Crippen LogP contribution in [-0.4, -0.2) is 61.5 Å². The second-order valence-corrected chi connectivity index (χ2v) is 4.47. The van der Waals surface area contributed by atoms with Crippen LogP contribution in [0.2, 0.25) is 0 Å². The topological polar surface area (TPSA) is 35.6 Å². The summed E-state index contributed by atoms with van der Waals surface area (Å²) < 4.78 is 0. The van der Waals surface area contributed by atoms with Crippen molar-refractivity contribution in [1.29, 1.82) is 0 Å². The fraction of sp³-hybridized carbons (Fsp3) is 0.917. The molecule has 1 N–H and O–H groups in total. The zero-order valence-corrected chi connectivity index (χ0v) is 10.7. The van der Waals surface area contributed by atoms with E-state index in [4.69, 9.17) is 0 Å². The first-order valence-electron chi connectivity index (χ1n) is 6.41. The van der Waals surface area contributed by atoms with Gasteiger partial charge in [-0.3, -0.25) is 4.79 Å². The van der Waals surface area contributed by atoms with Crippen molar-refractivity contribution in [2.24, 2.45) is 0 Å². The average Bonchev–Trinajstić information content (AvgIpc) is 2.29. The monoisotopic (exact) mass is 227 g/mol. The molecule has 1 aliphatic rings. The summed E-state index contributed by atoms with van der Waals surface area (Å²) in [5.74, 6) is 0.0801. The minimum absolute atomic E-state index is 0.0801. The van der Waals surface area contributed by atoms with Crippen molar-refractivity contribution in [3.05, 3.63) is 0 Å². The molecule has 1 saturated heterocycles. The van der Waals surface area contributed by atoms with E-state index >= 15 is 0 Å². The molecule has 1 fully saturated rings. The molecule has 0 bridgehead atoms. The molecule has 0 radical (unpaired) electrons. The summed E-state index contributed by atoms with van der Waals surface area (Å²) in [5, 5.41) is 2.83. The molecule has 1 rings (SSSR count). The molecule has 0 aliphatic carbocycles. The number of piperazine rings is 1. The van der Waals surface area contributed by atoms with Gasteiger partial charge in [0, 0.05) is 39.6 Å². The van der Waals surface area contributed by atoms with Crippen LogP contribution in [0.5, 0.6) is 0 Å². The zero-order valence-electron chi connectivity index (χ0n) is 10.7. The van der Waals surface area contributed by atoms with Crippen LogP contribution in [0.3, 0.4) is 0 Å². The maximum absolute atomic E-state index is 10.7. The van der Waals surface area contributed by atoms with Crippen LogP contribution < -0.4 is 5.32 Å². The summed E-state index contributed by atoms with van der Waals surface area (Å²) in [6.07, 6.45) is 2.28. The van der Waals surface area contributed by atoms with Crippen LogP contribution in [0.15, 0.2) is 0 Å². The molecule has 0 aromatic heterocycles. The number of nitrogens with one attached hydrogen (secondary N) is 1. The number of hydrogen-bond acceptors (Lipinski definition) is 3. The van der Waals surface area contributed by atoms with Gasteiger partial charge in [-0.2, -0.15) is 0 Å². The van der Waals surface area contributed by atoms with Crippen molar-refractivity contribution in [3.63, 3.8) is 0 Å². The Bertz CT molecular complexity index is 200. The van der Waals surface area contributed by atoms with E-state index in [9.17, 15) is 4.79 Å². The molecule has 4 nitrogen and oxygen atoms in total. The SMILES string of the molecule is CCN1CCN(CCCCNC(C)=O)CC1. The van der Waals surface area contributed by atoms with Crippen LogP contribution in [0.1, 0.15) is 26.7 Å². The van der Waals surface area contributed by atoms with Gasteiger partial charge >= 0.3 is 0 Å². The van der Waals surface area contributed by atoms with E-state index in [0.717, 1.165) is 13.0 Å². The quantitative estimate of drug-likeness (QED) is 0.673. The highest BCUT2D eigenvalue weighted by Crippen LogP contribution is 2.02. The summed E-state index contributed by atoms with van der Waals surface area (Å²) in [4.78, 5) is 15.7. The van der Waals surface area contributed by atoms with Crippen molar-refractivity contribution in [2.45, 2.75) is 26.7 Å². The smallest absolute Gasteiger partial charge is 0.216 e. The summed E-state index contributed by atoms with van der Waals surface area (Å²) in [6.45, 7) is 11.8. The number of amides is 1. The third kappa shape index (κ3) is 5.47. The lowest BCUT2D eigenvalue weighted by Crippen LogP contribution is -2.46. The summed E-state index contributed by atoms with van der Waals surface area (Å²) in [6, 6.07) is 0. The maximum atomic E-state index is 10.7. The maximum Gasteiger partial charge on any atom is 0.216 e. The number of rotatable bonds is 6. The zero-order chi connectivity index (χ0) is 11.8. The Balaban J connectivity index is 1.96. The Hall–Kier alpha value is -0.610. The van der Waals surface area contributed by atoms with Gasteiger partial charge in [0.25, 0.3) is 0 Å². The summed E-state index contributed by atoms with van der Waals surface area (Å²) in [5.41, 5.74) is 0. The lowest BCUT2D eigenvalue weighted by molar-refractivity contribution is -0.118. The lowest BCUT2D eigenvalue weighted by Gasteiger charge is -2.33. The third-order valence-corrected chi connectivity index (χ3v) is 3.19. The second kappa shape index (κ2) is 7.63. The van der Waals surface area contributed by atoms with Crippen molar-refractivity contribution >= 4 is 5.91 Å². The molecule has 94 valence electrons. The van der Waals surface area contributed by atoms with Gasteiger partial charge in [-0.05, 0) is 25.9 Å². The molecule has 1 aliphatic heterocycles. The van der Waals surface area contributed by atoms with Gasteiger partial charge in [-0.15, -0.1) is 0 Å². The van der Waals surface area contributed by atoms with Gasteiger partial charge < -0.3 is 15.1 Å². The van der Waals surface area contributed by atoms with Gasteiger partial charge in [0.05, 0.1) is 0 Å². The normalized spacial score (nSPS) is 18.6. The Labute approximate surface area is 99.0 Å². The van der Waals surface area contributed by atoms with Crippen molar-refractivity contribution in [1.82, 2.24) is 15.1 Å². The Morgan fingerprint density at radius 1 is 1.12 bits per heavy atom. The van der Waals surface area contributed by atoms with Crippen molar-refractivity contribution in [3.8, 4) is 0 Å². The predicted molar refractivity (Wildman–Crippen MR) is 66.5 cm³/mol. The fourth-order valence-electron chi connectivity index (χ4n) is 2.05. The summed E-state index contributed by atoms with van der Waals surface area (Å²) in [7, 11) is 0. The minimum Gasteiger partial charge on any atom is -0.356 e. The van der Waals surface area contributed by atoms with Crippen molar-refractivity contribution in [2.75, 3.05) is 45.8 Å². The number of likely N-dealkylation sites (N-methyl/N-ethyl adjacent to an activating group) is 1. The molecular formula is C12H25N3O. The highest BCUT2D eigenvalue weighted by Gasteiger charge is 2.14. The second-order valence-electron chi connectivity index (χ2n) is 4.47. The van der Waals surface area contributed by atoms with Gasteiger partial charge in [0.1, 0.15) is 0 Å². The first-order chi connectivity index (χ1) is 7.72. The molecule has 0 aromatic carbocycles. The number of carbonyl (C=O) groups is 1. The largest absolute Gasteiger partial charge is 0.356 e. The van der Waals surface area contributed by atoms with Crippen LogP contribution in [0.25, 0.3) is 0 Å². The minimum atomic E-state index is 0.0801. The van der Waals surface area contributed by atoms with E-state index in [1.807, 2.05) is 0 Å². The lowest BCUT2D eigenvalue weighted by atomic mass is 10.2. The first-order valence-corrected chi connectivity index (χ1v) is 6.41. The van der Waals surface area contributed by atoms with E-state index in [1.54, 1.807) is 6.92 Å². The third-order valence-electron chi connectivity index (χ3n) is 3.19. The van der Waals surface area contributed by atoms with E-state index in [0.29, 0.717) is 0 Å². The molecule has 0 spiro atoms. The van der Waals surface area contributed by atoms with Crippen molar-refractivity contribution < 1.29 is 4.79 Å². The molecular weight excluding hydrogens is 202 g/mol. The summed E-state index contributed by atoms with van der Waals surface area (Å²) >= 11 is 0. The van der Waals surface area contributed by atoms with E-state index in [2.05, 4.69) is 22.0 Å². The van der Waals surface area contributed by atoms with E-state index in [-0.39, 0.29) is 5.91 Å². The number of hydrogen-bond donors (Lipinski definition) is 1. The first kappa shape index (κ1) is 13.5. The predicted octanol–water partition coefficient (Wildman–Crippen LogP) is 0.540. The van der Waals surface area contributed by atoms with Crippen LogP contribution in [-0.2, 0) is 4.79 Å². The number of nitrogens with zero attached hydrogens (tertiary/aromatic N) is 2. The molecule has 0 unspecified atom stereocenters. The standard InChI is InChI=1S/C12H25N3O/c1-3-14-8-10-15(11-9-14)7-5-4-6-13-12(2)16/h3-11H2,1-2H3,(H,13,16). The molecule has 0 atom stereocenters. The van der Waals surface area contributed by atoms with Gasteiger partial charge in [-0.25, -0.2) is 0 Å². The van der Waals surface area contributed by atoms with E-state index in [1.165, 1.54) is 45.7 Å². The molecule has 1 amide bonds. The Morgan fingerprint density at radius 2 is 1.75 bits per heavy atom. The molecule has 1 heterocycles. The molecule has 16 heavy (non-hydrogen) atoms. The van der Waals surface area contributed by atoms with Crippen LogP contribution in [0.4, 0.5) is 0 Å². The van der Waals surface area contributed by atoms with Crippen LogP contribution in [0, 0.1) is 0 Å². The van der Waals surface area contributed by atoms with Gasteiger partial charge in [-0.1, -0.05) is 6.92 Å². The van der Waals surface area contributed by atoms with Gasteiger partial charge in [0.15, 0.2) is 0 Å². The average molecular weight is 227 g/mol. The Kier molecular flexibility index (Phi) is 6.42. The highest BCUT2D eigenvalue weighted by atomic mass is 16.1. The fourth-order valence-corrected chi connectivity index (χ4v) is 2.05. The van der Waals surface area contributed by atoms with E-state index < -0.39 is 0 Å². The van der Waals surface area contributed by atoms with Gasteiger partial charge in [0.2, 0.25) is 5.91 Å². The van der Waals surface area contributed by atoms with Crippen LogP contribution >= 0.6 is 0 Å². The highest BCUT2D eigenvalue weighted by molar-refractivity contribution is 5.72. The molecule has 0 aromatic rings. The molecule has 4 heteroatoms.